The zero-order chi connectivity index (χ0) is 28.1. The number of carboxylic acid groups (broad SMARTS) is 1. The molecule has 3 atom stereocenters. The number of fused-ring (bicyclic) bond motifs is 1. The summed E-state index contributed by atoms with van der Waals surface area (Å²) in [6.45, 7) is 9.10. The molecule has 7 nitrogen and oxygen atoms in total. The number of benzene rings is 2. The molecule has 3 unspecified atom stereocenters. The number of halogens is 1. The first-order valence-electron chi connectivity index (χ1n) is 14.1. The van der Waals surface area contributed by atoms with E-state index in [4.69, 9.17) is 21.1 Å². The van der Waals surface area contributed by atoms with E-state index in [1.807, 2.05) is 25.1 Å². The van der Waals surface area contributed by atoms with Crippen LogP contribution in [0.15, 0.2) is 34.9 Å². The van der Waals surface area contributed by atoms with Gasteiger partial charge in [-0.15, -0.1) is 0 Å². The highest BCUT2D eigenvalue weighted by atomic mass is 35.5. The Bertz CT molecular complexity index is 1560. The van der Waals surface area contributed by atoms with Gasteiger partial charge in [-0.3, -0.25) is 0 Å². The van der Waals surface area contributed by atoms with Crippen LogP contribution in [-0.4, -0.2) is 39.3 Å². The van der Waals surface area contributed by atoms with E-state index in [0.29, 0.717) is 35.1 Å². The van der Waals surface area contributed by atoms with E-state index >= 15 is 0 Å². The molecule has 9 heteroatoms. The number of piperidine rings is 1. The quantitative estimate of drug-likeness (QED) is 0.221. The third-order valence-corrected chi connectivity index (χ3v) is 9.84. The van der Waals surface area contributed by atoms with Gasteiger partial charge in [-0.05, 0) is 82.2 Å². The number of thiazole rings is 1. The monoisotopic (exact) mass is 578 g/mol. The van der Waals surface area contributed by atoms with Gasteiger partial charge in [0.15, 0.2) is 5.13 Å². The van der Waals surface area contributed by atoms with Crippen molar-refractivity contribution in [1.29, 1.82) is 0 Å². The number of nitrogens with zero attached hydrogens (tertiary/aromatic N) is 3. The maximum atomic E-state index is 11.7. The number of rotatable bonds is 8. The smallest absolute Gasteiger partial charge is 0.336 e. The number of carboxylic acids is 1. The predicted molar refractivity (Wildman–Crippen MR) is 161 cm³/mol. The van der Waals surface area contributed by atoms with Crippen molar-refractivity contribution < 1.29 is 14.4 Å². The van der Waals surface area contributed by atoms with Gasteiger partial charge in [-0.25, -0.2) is 9.78 Å². The molecule has 4 aromatic rings. The van der Waals surface area contributed by atoms with Crippen LogP contribution in [0.25, 0.3) is 21.5 Å². The fourth-order valence-corrected chi connectivity index (χ4v) is 7.71. The fourth-order valence-electron chi connectivity index (χ4n) is 6.24. The Hall–Kier alpha value is -2.94. The van der Waals surface area contributed by atoms with Gasteiger partial charge < -0.3 is 19.8 Å². The molecule has 0 bridgehead atoms. The number of carbonyl (C=O) groups is 1. The summed E-state index contributed by atoms with van der Waals surface area (Å²) in [5, 5.41) is 19.6. The van der Waals surface area contributed by atoms with Gasteiger partial charge in [0.2, 0.25) is 0 Å². The molecule has 1 aliphatic heterocycles. The average Bonchev–Trinajstić information content (AvgIpc) is 3.55. The van der Waals surface area contributed by atoms with Crippen LogP contribution in [0.4, 0.5) is 5.13 Å². The summed E-state index contributed by atoms with van der Waals surface area (Å²) in [5.41, 5.74) is 6.01. The Kier molecular flexibility index (Phi) is 7.36. The Balaban J connectivity index is 1.23. The molecule has 6 rings (SSSR count). The van der Waals surface area contributed by atoms with Crippen molar-refractivity contribution in [3.63, 3.8) is 0 Å². The number of hydrogen-bond acceptors (Lipinski definition) is 7. The number of hydrogen-bond donors (Lipinski definition) is 2. The second-order valence-corrected chi connectivity index (χ2v) is 12.8. The topological polar surface area (TPSA) is 91.5 Å². The van der Waals surface area contributed by atoms with Crippen LogP contribution < -0.4 is 10.2 Å². The fraction of sp³-hybridized carbons (Fsp3) is 0.452. The second-order valence-electron chi connectivity index (χ2n) is 11.4. The van der Waals surface area contributed by atoms with Gasteiger partial charge in [-0.2, -0.15) is 0 Å². The normalized spacial score (nSPS) is 21.3. The molecular formula is C31H35ClN4O3S. The standard InChI is InChI=1S/C31H35ClN4O3S/c1-5-21-13-20(12-18(4)36(21)31-34-25-11-17(3)22(30(37)38)14-26(25)40-31)33-15-23-28(35-39-29(23)19-9-10-19)27-16(2)7-6-8-24(27)32/h6-8,11,14,18-21,33H,5,9-10,12-13,15H2,1-4H3,(H,37,38). The molecule has 0 spiro atoms. The summed E-state index contributed by atoms with van der Waals surface area (Å²) >= 11 is 8.23. The van der Waals surface area contributed by atoms with Crippen LogP contribution in [0.1, 0.15) is 84.7 Å². The summed E-state index contributed by atoms with van der Waals surface area (Å²) in [6, 6.07) is 10.6. The molecule has 3 heterocycles. The van der Waals surface area contributed by atoms with Crippen LogP contribution in [0.3, 0.4) is 0 Å². The highest BCUT2D eigenvalue weighted by Gasteiger charge is 2.36. The van der Waals surface area contributed by atoms with Crippen LogP contribution in [0, 0.1) is 13.8 Å². The van der Waals surface area contributed by atoms with Gasteiger partial charge in [-0.1, -0.05) is 47.2 Å². The van der Waals surface area contributed by atoms with Gasteiger partial charge in [0.1, 0.15) is 11.5 Å². The van der Waals surface area contributed by atoms with Crippen LogP contribution in [0.5, 0.6) is 0 Å². The minimum absolute atomic E-state index is 0.285. The van der Waals surface area contributed by atoms with E-state index in [2.05, 4.69) is 42.2 Å². The third-order valence-electron chi connectivity index (χ3n) is 8.49. The highest BCUT2D eigenvalue weighted by molar-refractivity contribution is 7.22. The Morgan fingerprint density at radius 1 is 1.23 bits per heavy atom. The first-order valence-corrected chi connectivity index (χ1v) is 15.3. The molecule has 2 aliphatic rings. The van der Waals surface area contributed by atoms with Crippen molar-refractivity contribution in [2.45, 2.75) is 90.4 Å². The third kappa shape index (κ3) is 5.01. The molecule has 1 saturated carbocycles. The molecule has 40 heavy (non-hydrogen) atoms. The van der Waals surface area contributed by atoms with Gasteiger partial charge >= 0.3 is 5.97 Å². The van der Waals surface area contributed by atoms with Gasteiger partial charge in [0.05, 0.1) is 20.8 Å². The molecule has 1 aliphatic carbocycles. The summed E-state index contributed by atoms with van der Waals surface area (Å²) < 4.78 is 6.84. The van der Waals surface area contributed by atoms with E-state index in [1.165, 1.54) is 0 Å². The Morgan fingerprint density at radius 3 is 2.73 bits per heavy atom. The van der Waals surface area contributed by atoms with E-state index in [0.717, 1.165) is 81.2 Å². The maximum absolute atomic E-state index is 11.7. The van der Waals surface area contributed by atoms with Gasteiger partial charge in [0.25, 0.3) is 0 Å². The molecular weight excluding hydrogens is 544 g/mol. The van der Waals surface area contributed by atoms with E-state index in [-0.39, 0.29) is 6.04 Å². The molecule has 0 amide bonds. The Morgan fingerprint density at radius 2 is 2.02 bits per heavy atom. The molecule has 0 radical (unpaired) electrons. The summed E-state index contributed by atoms with van der Waals surface area (Å²) in [4.78, 5) is 19.1. The SMILES string of the molecule is CCC1CC(NCc2c(-c3c(C)cccc3Cl)noc2C2CC2)CC(C)N1c1nc2cc(C)c(C(=O)O)cc2s1. The second kappa shape index (κ2) is 10.8. The molecule has 1 saturated heterocycles. The zero-order valence-electron chi connectivity index (χ0n) is 23.3. The number of aryl methyl sites for hydroxylation is 2. The van der Waals surface area contributed by atoms with E-state index < -0.39 is 5.97 Å². The lowest BCUT2D eigenvalue weighted by atomic mass is 9.90. The summed E-state index contributed by atoms with van der Waals surface area (Å²) in [7, 11) is 0. The van der Waals surface area contributed by atoms with Crippen molar-refractivity contribution in [3.05, 3.63) is 63.4 Å². The van der Waals surface area contributed by atoms with Crippen molar-refractivity contribution in [2.24, 2.45) is 0 Å². The van der Waals surface area contributed by atoms with E-state index in [9.17, 15) is 9.90 Å². The van der Waals surface area contributed by atoms with Crippen LogP contribution in [-0.2, 0) is 6.54 Å². The average molecular weight is 579 g/mol. The number of anilines is 1. The van der Waals surface area contributed by atoms with Gasteiger partial charge in [0, 0.05) is 41.7 Å². The first kappa shape index (κ1) is 27.2. The minimum atomic E-state index is -0.897. The van der Waals surface area contributed by atoms with E-state index in [1.54, 1.807) is 17.4 Å². The predicted octanol–water partition coefficient (Wildman–Crippen LogP) is 7.72. The molecule has 2 aromatic heterocycles. The number of nitrogens with one attached hydrogen (secondary N) is 1. The maximum Gasteiger partial charge on any atom is 0.336 e. The first-order chi connectivity index (χ1) is 19.2. The largest absolute Gasteiger partial charge is 0.478 e. The molecule has 2 N–H and O–H groups in total. The minimum Gasteiger partial charge on any atom is -0.478 e. The number of aromatic nitrogens is 2. The highest BCUT2D eigenvalue weighted by Crippen LogP contribution is 2.45. The van der Waals surface area contributed by atoms with Crippen molar-refractivity contribution >= 4 is 44.3 Å². The molecule has 2 fully saturated rings. The van der Waals surface area contributed by atoms with Crippen LogP contribution >= 0.6 is 22.9 Å². The van der Waals surface area contributed by atoms with Crippen molar-refractivity contribution in [1.82, 2.24) is 15.5 Å². The molecule has 2 aromatic carbocycles. The summed E-state index contributed by atoms with van der Waals surface area (Å²) in [5.74, 6) is 0.561. The summed E-state index contributed by atoms with van der Waals surface area (Å²) in [6.07, 6.45) is 5.28. The molecule has 210 valence electrons. The lowest BCUT2D eigenvalue weighted by molar-refractivity contribution is 0.0696. The lowest BCUT2D eigenvalue weighted by Crippen LogP contribution is -2.53. The Labute approximate surface area is 243 Å². The number of aromatic carboxylic acids is 1. The lowest BCUT2D eigenvalue weighted by Gasteiger charge is -2.44. The van der Waals surface area contributed by atoms with Crippen molar-refractivity contribution in [3.8, 4) is 11.3 Å². The zero-order valence-corrected chi connectivity index (χ0v) is 24.9. The van der Waals surface area contributed by atoms with Crippen LogP contribution in [0.2, 0.25) is 5.02 Å². The van der Waals surface area contributed by atoms with Crippen molar-refractivity contribution in [2.75, 3.05) is 4.90 Å².